The SMILES string of the molecule is CC(C(=O)NC(C)(C)C)N(Cc1cccc(Br)c1)C(=O)CN(c1cc(C(F)(F)F)ccc1Cl)S(=O)(=O)c1ccccc1. The van der Waals surface area contributed by atoms with Gasteiger partial charge in [-0.2, -0.15) is 13.2 Å². The Hall–Kier alpha value is -3.09. The lowest BCUT2D eigenvalue weighted by Gasteiger charge is -2.33. The van der Waals surface area contributed by atoms with E-state index in [4.69, 9.17) is 11.6 Å². The second-order valence-electron chi connectivity index (χ2n) is 10.6. The molecular formula is C29H30BrClF3N3O4S. The van der Waals surface area contributed by atoms with Gasteiger partial charge in [0.1, 0.15) is 12.6 Å². The minimum absolute atomic E-state index is 0.0907. The van der Waals surface area contributed by atoms with Crippen molar-refractivity contribution < 1.29 is 31.2 Å². The maximum Gasteiger partial charge on any atom is 0.416 e. The summed E-state index contributed by atoms with van der Waals surface area (Å²) in [6, 6.07) is 15.1. The third-order valence-corrected chi connectivity index (χ3v) is 8.65. The molecule has 0 heterocycles. The molecule has 0 aromatic heterocycles. The summed E-state index contributed by atoms with van der Waals surface area (Å²) < 4.78 is 69.8. The van der Waals surface area contributed by atoms with Crippen molar-refractivity contribution in [1.29, 1.82) is 0 Å². The van der Waals surface area contributed by atoms with Crippen molar-refractivity contribution in [3.05, 3.63) is 93.4 Å². The second-order valence-corrected chi connectivity index (χ2v) is 13.7. The molecule has 0 spiro atoms. The van der Waals surface area contributed by atoms with Crippen molar-refractivity contribution in [2.75, 3.05) is 10.8 Å². The Morgan fingerprint density at radius 3 is 2.19 bits per heavy atom. The highest BCUT2D eigenvalue weighted by Crippen LogP contribution is 2.37. The first kappa shape index (κ1) is 33.4. The quantitative estimate of drug-likeness (QED) is 0.273. The number of hydrogen-bond donors (Lipinski definition) is 1. The van der Waals surface area contributed by atoms with Gasteiger partial charge in [-0.05, 0) is 75.7 Å². The summed E-state index contributed by atoms with van der Waals surface area (Å²) in [6.07, 6.45) is -4.81. The highest BCUT2D eigenvalue weighted by Gasteiger charge is 2.36. The van der Waals surface area contributed by atoms with Crippen molar-refractivity contribution in [2.45, 2.75) is 56.9 Å². The number of carbonyl (C=O) groups is 2. The lowest BCUT2D eigenvalue weighted by Crippen LogP contribution is -2.54. The average molecular weight is 689 g/mol. The van der Waals surface area contributed by atoms with Crippen molar-refractivity contribution in [2.24, 2.45) is 0 Å². The van der Waals surface area contributed by atoms with E-state index in [9.17, 15) is 31.2 Å². The Balaban J connectivity index is 2.14. The smallest absolute Gasteiger partial charge is 0.350 e. The number of amides is 2. The Bertz CT molecular complexity index is 1550. The number of nitrogens with one attached hydrogen (secondary N) is 1. The van der Waals surface area contributed by atoms with Gasteiger partial charge in [-0.15, -0.1) is 0 Å². The summed E-state index contributed by atoms with van der Waals surface area (Å²) in [7, 11) is -4.60. The molecule has 1 N–H and O–H groups in total. The zero-order valence-electron chi connectivity index (χ0n) is 23.2. The number of hydrogen-bond acceptors (Lipinski definition) is 4. The fraction of sp³-hybridized carbons (Fsp3) is 0.310. The maximum absolute atomic E-state index is 14.0. The van der Waals surface area contributed by atoms with Gasteiger partial charge in [0.05, 0.1) is 21.2 Å². The number of halogens is 5. The van der Waals surface area contributed by atoms with Crippen LogP contribution in [0.5, 0.6) is 0 Å². The van der Waals surface area contributed by atoms with Gasteiger partial charge >= 0.3 is 6.18 Å². The highest BCUT2D eigenvalue weighted by atomic mass is 79.9. The monoisotopic (exact) mass is 687 g/mol. The van der Waals surface area contributed by atoms with Gasteiger partial charge < -0.3 is 10.2 Å². The summed E-state index contributed by atoms with van der Waals surface area (Å²) in [4.78, 5) is 28.0. The fourth-order valence-electron chi connectivity index (χ4n) is 4.00. The maximum atomic E-state index is 14.0. The van der Waals surface area contributed by atoms with E-state index < -0.39 is 57.4 Å². The highest BCUT2D eigenvalue weighted by molar-refractivity contribution is 9.10. The molecule has 3 rings (SSSR count). The Morgan fingerprint density at radius 2 is 1.62 bits per heavy atom. The molecule has 13 heteroatoms. The third-order valence-electron chi connectivity index (χ3n) is 6.06. The molecule has 1 unspecified atom stereocenters. The van der Waals surface area contributed by atoms with Crippen LogP contribution in [0.4, 0.5) is 18.9 Å². The molecule has 0 bridgehead atoms. The first-order valence-electron chi connectivity index (χ1n) is 12.7. The number of alkyl halides is 3. The van der Waals surface area contributed by atoms with Crippen molar-refractivity contribution in [3.8, 4) is 0 Å². The van der Waals surface area contributed by atoms with Crippen molar-refractivity contribution in [1.82, 2.24) is 10.2 Å². The summed E-state index contributed by atoms with van der Waals surface area (Å²) in [5.41, 5.74) is -1.68. The molecule has 7 nitrogen and oxygen atoms in total. The van der Waals surface area contributed by atoms with Gasteiger partial charge in [0.2, 0.25) is 11.8 Å². The molecule has 3 aromatic carbocycles. The van der Waals surface area contributed by atoms with E-state index in [-0.39, 0.29) is 16.5 Å². The number of sulfonamides is 1. The molecule has 226 valence electrons. The Labute approximate surface area is 256 Å². The summed E-state index contributed by atoms with van der Waals surface area (Å²) in [5, 5.41) is 2.49. The number of benzene rings is 3. The van der Waals surface area contributed by atoms with Crippen LogP contribution in [0.3, 0.4) is 0 Å². The van der Waals surface area contributed by atoms with Crippen LogP contribution in [-0.4, -0.2) is 43.3 Å². The number of nitrogens with zero attached hydrogens (tertiary/aromatic N) is 2. The van der Waals surface area contributed by atoms with Crippen molar-refractivity contribution in [3.63, 3.8) is 0 Å². The van der Waals surface area contributed by atoms with Gasteiger partial charge in [0.25, 0.3) is 10.0 Å². The molecule has 42 heavy (non-hydrogen) atoms. The van der Waals surface area contributed by atoms with Crippen LogP contribution in [0.15, 0.2) is 82.2 Å². The first-order chi connectivity index (χ1) is 19.4. The molecule has 0 radical (unpaired) electrons. The fourth-order valence-corrected chi connectivity index (χ4v) is 6.16. The van der Waals surface area contributed by atoms with Gasteiger partial charge in [-0.1, -0.05) is 57.9 Å². The lowest BCUT2D eigenvalue weighted by molar-refractivity contribution is -0.140. The summed E-state index contributed by atoms with van der Waals surface area (Å²) >= 11 is 9.63. The van der Waals surface area contributed by atoms with Gasteiger partial charge in [-0.25, -0.2) is 8.42 Å². The Morgan fingerprint density at radius 1 is 0.976 bits per heavy atom. The number of anilines is 1. The van der Waals surface area contributed by atoms with E-state index in [1.807, 2.05) is 0 Å². The second kappa shape index (κ2) is 13.0. The standard InChI is InChI=1S/C29H30BrClF3N3O4S/c1-19(27(39)35-28(2,3)4)36(17-20-9-8-10-22(30)15-20)26(38)18-37(42(40,41)23-11-6-5-7-12-23)25-16-21(29(32,33)34)13-14-24(25)31/h5-16,19H,17-18H2,1-4H3,(H,35,39). The minimum Gasteiger partial charge on any atom is -0.350 e. The summed E-state index contributed by atoms with van der Waals surface area (Å²) in [5.74, 6) is -1.33. The number of rotatable bonds is 9. The number of carbonyl (C=O) groups excluding carboxylic acids is 2. The zero-order valence-corrected chi connectivity index (χ0v) is 26.4. The minimum atomic E-state index is -4.81. The third kappa shape index (κ3) is 8.48. The molecule has 3 aromatic rings. The molecule has 2 amide bonds. The predicted octanol–water partition coefficient (Wildman–Crippen LogP) is 6.65. The van der Waals surface area contributed by atoms with E-state index >= 15 is 0 Å². The van der Waals surface area contributed by atoms with Crippen LogP contribution in [0.2, 0.25) is 5.02 Å². The molecule has 0 aliphatic rings. The Kier molecular flexibility index (Phi) is 10.4. The molecular weight excluding hydrogens is 659 g/mol. The van der Waals surface area contributed by atoms with Crippen LogP contribution in [0.1, 0.15) is 38.8 Å². The molecule has 0 aliphatic carbocycles. The van der Waals surface area contributed by atoms with Crippen LogP contribution >= 0.6 is 27.5 Å². The van der Waals surface area contributed by atoms with Crippen LogP contribution in [0.25, 0.3) is 0 Å². The molecule has 0 saturated carbocycles. The van der Waals surface area contributed by atoms with Crippen LogP contribution < -0.4 is 9.62 Å². The predicted molar refractivity (Wildman–Crippen MR) is 159 cm³/mol. The molecule has 1 atom stereocenters. The van der Waals surface area contributed by atoms with Gasteiger partial charge in [-0.3, -0.25) is 13.9 Å². The molecule has 0 saturated heterocycles. The van der Waals surface area contributed by atoms with E-state index in [0.717, 1.165) is 12.1 Å². The topological polar surface area (TPSA) is 86.8 Å². The molecule has 0 aliphatic heterocycles. The van der Waals surface area contributed by atoms with E-state index in [2.05, 4.69) is 21.2 Å². The van der Waals surface area contributed by atoms with Crippen molar-refractivity contribution >= 4 is 55.1 Å². The van der Waals surface area contributed by atoms with E-state index in [0.29, 0.717) is 20.4 Å². The van der Waals surface area contributed by atoms with Gasteiger partial charge in [0.15, 0.2) is 0 Å². The zero-order chi connectivity index (χ0) is 31.5. The largest absolute Gasteiger partial charge is 0.416 e. The van der Waals surface area contributed by atoms with Gasteiger partial charge in [0, 0.05) is 16.6 Å². The first-order valence-corrected chi connectivity index (χ1v) is 15.3. The molecule has 0 fully saturated rings. The summed E-state index contributed by atoms with van der Waals surface area (Å²) in [6.45, 7) is 5.77. The normalized spacial score (nSPS) is 12.9. The van der Waals surface area contributed by atoms with Crippen LogP contribution in [0, 0.1) is 0 Å². The average Bonchev–Trinajstić information content (AvgIpc) is 2.89. The van der Waals surface area contributed by atoms with Crippen LogP contribution in [-0.2, 0) is 32.3 Å². The van der Waals surface area contributed by atoms with E-state index in [1.165, 1.54) is 36.1 Å². The van der Waals surface area contributed by atoms with E-state index in [1.54, 1.807) is 51.1 Å². The lowest BCUT2D eigenvalue weighted by atomic mass is 10.1.